The van der Waals surface area contributed by atoms with Crippen LogP contribution in [0, 0.1) is 6.92 Å². The summed E-state index contributed by atoms with van der Waals surface area (Å²) in [6.45, 7) is 7.84. The number of anilines is 2. The highest BCUT2D eigenvalue weighted by Gasteiger charge is 2.14. The van der Waals surface area contributed by atoms with Crippen molar-refractivity contribution in [2.24, 2.45) is 0 Å². The zero-order chi connectivity index (χ0) is 16.7. The number of aryl methyl sites for hydroxylation is 1. The molecule has 0 aliphatic rings. The Morgan fingerprint density at radius 3 is 2.70 bits per heavy atom. The normalized spacial score (nSPS) is 10.6. The predicted molar refractivity (Wildman–Crippen MR) is 95.2 cm³/mol. The molecule has 1 N–H and O–H groups in total. The highest BCUT2D eigenvalue weighted by Crippen LogP contribution is 2.20. The van der Waals surface area contributed by atoms with Crippen LogP contribution in [-0.4, -0.2) is 33.9 Å². The minimum Gasteiger partial charge on any atom is -0.342 e. The number of hydrogen-bond donors (Lipinski definition) is 1. The maximum Gasteiger partial charge on any atom is 0.228 e. The lowest BCUT2D eigenvalue weighted by Gasteiger charge is -2.20. The number of rotatable bonds is 8. The maximum atomic E-state index is 12.4. The first-order chi connectivity index (χ1) is 11.1. The lowest BCUT2D eigenvalue weighted by Crippen LogP contribution is -2.33. The van der Waals surface area contributed by atoms with Crippen molar-refractivity contribution in [3.05, 3.63) is 35.0 Å². The average Bonchev–Trinajstić information content (AvgIpc) is 2.94. The maximum absolute atomic E-state index is 12.4. The summed E-state index contributed by atoms with van der Waals surface area (Å²) in [5, 5.41) is 5.89. The van der Waals surface area contributed by atoms with Crippen LogP contribution in [0.3, 0.4) is 0 Å². The largest absolute Gasteiger partial charge is 0.342 e. The van der Waals surface area contributed by atoms with E-state index >= 15 is 0 Å². The van der Waals surface area contributed by atoms with Crippen molar-refractivity contribution < 1.29 is 4.79 Å². The van der Waals surface area contributed by atoms with Crippen LogP contribution in [-0.2, 0) is 11.2 Å². The third-order valence-electron chi connectivity index (χ3n) is 3.37. The number of nitrogens with zero attached hydrogens (tertiary/aromatic N) is 3. The van der Waals surface area contributed by atoms with E-state index in [1.807, 2.05) is 29.3 Å². The molecule has 0 bridgehead atoms. The van der Waals surface area contributed by atoms with E-state index in [0.29, 0.717) is 6.42 Å². The second-order valence-corrected chi connectivity index (χ2v) is 6.40. The van der Waals surface area contributed by atoms with Gasteiger partial charge in [-0.15, -0.1) is 11.3 Å². The number of hydrogen-bond acceptors (Lipinski definition) is 5. The van der Waals surface area contributed by atoms with E-state index in [0.717, 1.165) is 48.1 Å². The second kappa shape index (κ2) is 8.62. The van der Waals surface area contributed by atoms with Crippen LogP contribution < -0.4 is 5.32 Å². The lowest BCUT2D eigenvalue weighted by atomic mass is 10.2. The molecule has 0 aromatic carbocycles. The van der Waals surface area contributed by atoms with Gasteiger partial charge in [0.15, 0.2) is 5.13 Å². The van der Waals surface area contributed by atoms with Gasteiger partial charge in [0.05, 0.1) is 12.1 Å². The van der Waals surface area contributed by atoms with E-state index in [4.69, 9.17) is 0 Å². The fourth-order valence-electron chi connectivity index (χ4n) is 2.33. The number of amides is 1. The summed E-state index contributed by atoms with van der Waals surface area (Å²) in [4.78, 5) is 23.0. The monoisotopic (exact) mass is 332 g/mol. The lowest BCUT2D eigenvalue weighted by molar-refractivity contribution is -0.130. The molecule has 0 spiro atoms. The van der Waals surface area contributed by atoms with Crippen molar-refractivity contribution in [3.8, 4) is 0 Å². The van der Waals surface area contributed by atoms with Crippen molar-refractivity contribution in [1.82, 2.24) is 14.9 Å². The number of aromatic nitrogens is 2. The molecule has 124 valence electrons. The first-order valence-corrected chi connectivity index (χ1v) is 8.92. The van der Waals surface area contributed by atoms with Gasteiger partial charge in [0.25, 0.3) is 0 Å². The molecule has 1 amide bonds. The van der Waals surface area contributed by atoms with Crippen LogP contribution in [0.2, 0.25) is 0 Å². The van der Waals surface area contributed by atoms with Gasteiger partial charge < -0.3 is 10.2 Å². The summed E-state index contributed by atoms with van der Waals surface area (Å²) in [6, 6.07) is 3.92. The Balaban J connectivity index is 1.97. The van der Waals surface area contributed by atoms with Gasteiger partial charge in [-0.2, -0.15) is 0 Å². The molecule has 2 aromatic heterocycles. The molecule has 0 aliphatic carbocycles. The Morgan fingerprint density at radius 2 is 2.04 bits per heavy atom. The molecule has 2 rings (SSSR count). The Hall–Kier alpha value is -1.95. The van der Waals surface area contributed by atoms with E-state index in [9.17, 15) is 4.79 Å². The van der Waals surface area contributed by atoms with Crippen LogP contribution in [0.25, 0.3) is 0 Å². The van der Waals surface area contributed by atoms with Gasteiger partial charge in [0, 0.05) is 24.7 Å². The minimum atomic E-state index is 0.152. The van der Waals surface area contributed by atoms with E-state index in [1.165, 1.54) is 11.3 Å². The SMILES string of the molecule is CCCN(CCC)C(=O)Cc1csc(Nc2cc(C)ccn2)n1. The molecule has 0 saturated heterocycles. The molecule has 2 aromatic rings. The third kappa shape index (κ3) is 5.32. The van der Waals surface area contributed by atoms with Crippen LogP contribution in [0.4, 0.5) is 10.9 Å². The fraction of sp³-hybridized carbons (Fsp3) is 0.471. The van der Waals surface area contributed by atoms with Crippen molar-refractivity contribution in [2.75, 3.05) is 18.4 Å². The summed E-state index contributed by atoms with van der Waals surface area (Å²) in [5.41, 5.74) is 1.96. The number of carbonyl (C=O) groups excluding carboxylic acids is 1. The Kier molecular flexibility index (Phi) is 6.52. The highest BCUT2D eigenvalue weighted by molar-refractivity contribution is 7.13. The number of nitrogens with one attached hydrogen (secondary N) is 1. The summed E-state index contributed by atoms with van der Waals surface area (Å²) in [5.74, 6) is 0.926. The molecule has 0 atom stereocenters. The number of carbonyl (C=O) groups is 1. The molecule has 0 unspecified atom stereocenters. The van der Waals surface area contributed by atoms with Crippen LogP contribution in [0.5, 0.6) is 0 Å². The molecule has 0 radical (unpaired) electrons. The summed E-state index contributed by atoms with van der Waals surface area (Å²) in [6.07, 6.45) is 4.09. The minimum absolute atomic E-state index is 0.152. The van der Waals surface area contributed by atoms with Gasteiger partial charge in [-0.25, -0.2) is 9.97 Å². The summed E-state index contributed by atoms with van der Waals surface area (Å²) < 4.78 is 0. The van der Waals surface area contributed by atoms with Gasteiger partial charge in [-0.3, -0.25) is 4.79 Å². The average molecular weight is 332 g/mol. The molecule has 23 heavy (non-hydrogen) atoms. The summed E-state index contributed by atoms with van der Waals surface area (Å²) in [7, 11) is 0. The highest BCUT2D eigenvalue weighted by atomic mass is 32.1. The van der Waals surface area contributed by atoms with Crippen molar-refractivity contribution in [1.29, 1.82) is 0 Å². The first kappa shape index (κ1) is 17.4. The quantitative estimate of drug-likeness (QED) is 0.799. The topological polar surface area (TPSA) is 58.1 Å². The number of thiazole rings is 1. The third-order valence-corrected chi connectivity index (χ3v) is 4.18. The second-order valence-electron chi connectivity index (χ2n) is 5.54. The molecule has 0 fully saturated rings. The Morgan fingerprint density at radius 1 is 1.30 bits per heavy atom. The molecule has 5 nitrogen and oxygen atoms in total. The zero-order valence-corrected chi connectivity index (χ0v) is 14.8. The molecule has 2 heterocycles. The zero-order valence-electron chi connectivity index (χ0n) is 14.0. The molecule has 0 saturated carbocycles. The van der Waals surface area contributed by atoms with Gasteiger partial charge in [0.1, 0.15) is 5.82 Å². The van der Waals surface area contributed by atoms with Crippen LogP contribution in [0.15, 0.2) is 23.7 Å². The number of pyridine rings is 1. The molecule has 6 heteroatoms. The van der Waals surface area contributed by atoms with Crippen LogP contribution in [0.1, 0.15) is 37.9 Å². The van der Waals surface area contributed by atoms with E-state index in [2.05, 4.69) is 29.1 Å². The summed E-state index contributed by atoms with van der Waals surface area (Å²) >= 11 is 1.50. The van der Waals surface area contributed by atoms with Gasteiger partial charge in [-0.1, -0.05) is 13.8 Å². The Labute approximate surface area is 141 Å². The van der Waals surface area contributed by atoms with E-state index in [-0.39, 0.29) is 5.91 Å². The van der Waals surface area contributed by atoms with Crippen LogP contribution >= 0.6 is 11.3 Å². The molecule has 0 aliphatic heterocycles. The molecular formula is C17H24N4OS. The van der Waals surface area contributed by atoms with Crippen molar-refractivity contribution in [2.45, 2.75) is 40.0 Å². The van der Waals surface area contributed by atoms with E-state index < -0.39 is 0 Å². The van der Waals surface area contributed by atoms with Gasteiger partial charge in [-0.05, 0) is 37.5 Å². The Bertz CT molecular complexity index is 635. The smallest absolute Gasteiger partial charge is 0.228 e. The van der Waals surface area contributed by atoms with Gasteiger partial charge >= 0.3 is 0 Å². The predicted octanol–water partition coefficient (Wildman–Crippen LogP) is 3.78. The van der Waals surface area contributed by atoms with Crippen molar-refractivity contribution >= 4 is 28.2 Å². The molecular weight excluding hydrogens is 308 g/mol. The van der Waals surface area contributed by atoms with E-state index in [1.54, 1.807) is 6.20 Å². The standard InChI is InChI=1S/C17H24N4OS/c1-4-8-21(9-5-2)16(22)11-14-12-23-17(19-14)20-15-10-13(3)6-7-18-15/h6-7,10,12H,4-5,8-9,11H2,1-3H3,(H,18,19,20). The first-order valence-electron chi connectivity index (χ1n) is 8.04. The van der Waals surface area contributed by atoms with Crippen molar-refractivity contribution in [3.63, 3.8) is 0 Å². The van der Waals surface area contributed by atoms with Gasteiger partial charge in [0.2, 0.25) is 5.91 Å². The fourth-order valence-corrected chi connectivity index (χ4v) is 3.04.